The van der Waals surface area contributed by atoms with Gasteiger partial charge in [0.25, 0.3) is 0 Å². The molecule has 1 heterocycles. The molecule has 18 heavy (non-hydrogen) atoms. The van der Waals surface area contributed by atoms with Crippen LogP contribution < -0.4 is 10.6 Å². The molecule has 0 spiro atoms. The van der Waals surface area contributed by atoms with Crippen LogP contribution in [0.4, 0.5) is 21.7 Å². The Morgan fingerprint density at radius 3 is 2.67 bits per heavy atom. The summed E-state index contributed by atoms with van der Waals surface area (Å²) in [4.78, 5) is 8.12. The van der Waals surface area contributed by atoms with Crippen LogP contribution in [0, 0.1) is 5.82 Å². The number of hydrogen-bond donors (Lipinski definition) is 2. The van der Waals surface area contributed by atoms with Crippen molar-refractivity contribution in [2.45, 2.75) is 0 Å². The first-order chi connectivity index (χ1) is 8.61. The molecule has 0 bridgehead atoms. The predicted molar refractivity (Wildman–Crippen MR) is 74.0 cm³/mol. The lowest BCUT2D eigenvalue weighted by molar-refractivity contribution is 0.628. The van der Waals surface area contributed by atoms with Gasteiger partial charge >= 0.3 is 0 Å². The van der Waals surface area contributed by atoms with Crippen LogP contribution in [0.1, 0.15) is 0 Å². The molecule has 0 fully saturated rings. The van der Waals surface area contributed by atoms with Gasteiger partial charge in [0.2, 0.25) is 0 Å². The van der Waals surface area contributed by atoms with E-state index in [1.807, 2.05) is 0 Å². The van der Waals surface area contributed by atoms with Crippen LogP contribution in [-0.2, 0) is 0 Å². The van der Waals surface area contributed by atoms with Crippen molar-refractivity contribution in [3.63, 3.8) is 0 Å². The van der Waals surface area contributed by atoms with E-state index in [1.54, 1.807) is 13.1 Å². The average Bonchev–Trinajstić information content (AvgIpc) is 2.36. The van der Waals surface area contributed by atoms with Gasteiger partial charge in [0.05, 0.1) is 5.02 Å². The van der Waals surface area contributed by atoms with Crippen LogP contribution in [0.25, 0.3) is 0 Å². The Hall–Kier alpha value is -1.40. The molecule has 0 saturated carbocycles. The van der Waals surface area contributed by atoms with Crippen molar-refractivity contribution in [2.75, 3.05) is 17.7 Å². The molecule has 1 aromatic heterocycles. The maximum atomic E-state index is 13.0. The van der Waals surface area contributed by atoms with Crippen molar-refractivity contribution in [2.24, 2.45) is 0 Å². The van der Waals surface area contributed by atoms with Gasteiger partial charge < -0.3 is 10.6 Å². The predicted octanol–water partition coefficient (Wildman–Crippen LogP) is 3.82. The van der Waals surface area contributed by atoms with Crippen molar-refractivity contribution in [3.8, 4) is 0 Å². The molecule has 0 atom stereocenters. The summed E-state index contributed by atoms with van der Waals surface area (Å²) in [6, 6.07) is 4.36. The number of rotatable bonds is 3. The van der Waals surface area contributed by atoms with Crippen LogP contribution in [-0.4, -0.2) is 17.0 Å². The highest BCUT2D eigenvalue weighted by molar-refractivity contribution is 9.10. The van der Waals surface area contributed by atoms with Gasteiger partial charge in [-0.3, -0.25) is 0 Å². The minimum absolute atomic E-state index is 0.0546. The zero-order valence-corrected chi connectivity index (χ0v) is 11.7. The summed E-state index contributed by atoms with van der Waals surface area (Å²) in [6.07, 6.45) is 1.42. The molecule has 2 aromatic rings. The SMILES string of the molecule is CNc1ncnc(Nc2ccc(F)c(Cl)c2)c1Br. The standard InChI is InChI=1S/C11H9BrClFN4/c1-15-10-9(12)11(17-5-16-10)18-6-2-3-8(14)7(13)4-6/h2-5H,1H3,(H2,15,16,17,18). The summed E-state index contributed by atoms with van der Waals surface area (Å²) in [5, 5.41) is 6.00. The number of nitrogens with one attached hydrogen (secondary N) is 2. The topological polar surface area (TPSA) is 49.8 Å². The van der Waals surface area contributed by atoms with Gasteiger partial charge in [-0.1, -0.05) is 11.6 Å². The molecule has 2 rings (SSSR count). The maximum absolute atomic E-state index is 13.0. The minimum atomic E-state index is -0.458. The first-order valence-electron chi connectivity index (χ1n) is 5.02. The first kappa shape index (κ1) is 13.0. The highest BCUT2D eigenvalue weighted by Gasteiger charge is 2.08. The Balaban J connectivity index is 2.31. The number of anilines is 3. The van der Waals surface area contributed by atoms with Crippen molar-refractivity contribution in [1.29, 1.82) is 0 Å². The average molecular weight is 332 g/mol. The lowest BCUT2D eigenvalue weighted by Gasteiger charge is -2.10. The minimum Gasteiger partial charge on any atom is -0.372 e. The fraction of sp³-hybridized carbons (Fsp3) is 0.0909. The Morgan fingerprint density at radius 1 is 1.28 bits per heavy atom. The second-order valence-corrected chi connectivity index (χ2v) is 4.59. The maximum Gasteiger partial charge on any atom is 0.150 e. The zero-order valence-electron chi connectivity index (χ0n) is 9.34. The van der Waals surface area contributed by atoms with Crippen molar-refractivity contribution >= 4 is 44.9 Å². The quantitative estimate of drug-likeness (QED) is 0.898. The molecule has 4 nitrogen and oxygen atoms in total. The molecule has 0 unspecified atom stereocenters. The Bertz CT molecular complexity index is 579. The number of nitrogens with zero attached hydrogens (tertiary/aromatic N) is 2. The highest BCUT2D eigenvalue weighted by atomic mass is 79.9. The molecule has 0 saturated heterocycles. The normalized spacial score (nSPS) is 10.2. The van der Waals surface area contributed by atoms with Gasteiger partial charge in [0.15, 0.2) is 0 Å². The second kappa shape index (κ2) is 5.49. The van der Waals surface area contributed by atoms with E-state index in [9.17, 15) is 4.39 Å². The van der Waals surface area contributed by atoms with E-state index in [-0.39, 0.29) is 5.02 Å². The van der Waals surface area contributed by atoms with Crippen molar-refractivity contribution < 1.29 is 4.39 Å². The largest absolute Gasteiger partial charge is 0.372 e. The first-order valence-corrected chi connectivity index (χ1v) is 6.19. The van der Waals surface area contributed by atoms with E-state index in [1.165, 1.54) is 18.5 Å². The van der Waals surface area contributed by atoms with Crippen LogP contribution in [0.2, 0.25) is 5.02 Å². The van der Waals surface area contributed by atoms with Gasteiger partial charge in [-0.2, -0.15) is 0 Å². The van der Waals surface area contributed by atoms with E-state index in [4.69, 9.17) is 11.6 Å². The fourth-order valence-electron chi connectivity index (χ4n) is 1.34. The molecule has 0 aliphatic heterocycles. The number of aromatic nitrogens is 2. The van der Waals surface area contributed by atoms with E-state index in [2.05, 4.69) is 36.5 Å². The van der Waals surface area contributed by atoms with Gasteiger partial charge in [0.1, 0.15) is 28.3 Å². The van der Waals surface area contributed by atoms with Crippen molar-refractivity contribution in [3.05, 3.63) is 39.8 Å². The number of benzene rings is 1. The molecule has 7 heteroatoms. The molecular weight excluding hydrogens is 323 g/mol. The van der Waals surface area contributed by atoms with Crippen LogP contribution in [0.3, 0.4) is 0 Å². The summed E-state index contributed by atoms with van der Waals surface area (Å²) in [5.74, 6) is 0.762. The highest BCUT2D eigenvalue weighted by Crippen LogP contribution is 2.29. The second-order valence-electron chi connectivity index (χ2n) is 3.39. The van der Waals surface area contributed by atoms with Crippen molar-refractivity contribution in [1.82, 2.24) is 9.97 Å². The van der Waals surface area contributed by atoms with E-state index >= 15 is 0 Å². The zero-order chi connectivity index (χ0) is 13.1. The molecule has 94 valence electrons. The van der Waals surface area contributed by atoms with Gasteiger partial charge in [-0.05, 0) is 34.1 Å². The van der Waals surface area contributed by atoms with E-state index in [0.717, 1.165) is 0 Å². The monoisotopic (exact) mass is 330 g/mol. The summed E-state index contributed by atoms with van der Waals surface area (Å²) >= 11 is 9.08. The van der Waals surface area contributed by atoms with Gasteiger partial charge in [-0.15, -0.1) is 0 Å². The third kappa shape index (κ3) is 2.70. The third-order valence-corrected chi connectivity index (χ3v) is 3.25. The molecule has 0 amide bonds. The van der Waals surface area contributed by atoms with Gasteiger partial charge in [-0.25, -0.2) is 14.4 Å². The number of hydrogen-bond acceptors (Lipinski definition) is 4. The Kier molecular flexibility index (Phi) is 3.98. The fourth-order valence-corrected chi connectivity index (χ4v) is 2.02. The summed E-state index contributed by atoms with van der Waals surface area (Å²) < 4.78 is 13.7. The summed E-state index contributed by atoms with van der Waals surface area (Å²) in [5.41, 5.74) is 0.642. The molecule has 0 aliphatic carbocycles. The van der Waals surface area contributed by atoms with Gasteiger partial charge in [0, 0.05) is 12.7 Å². The molecule has 0 radical (unpaired) electrons. The van der Waals surface area contributed by atoms with E-state index in [0.29, 0.717) is 21.8 Å². The Labute approximate surface area is 117 Å². The summed E-state index contributed by atoms with van der Waals surface area (Å²) in [6.45, 7) is 0. The molecular formula is C11H9BrClFN4. The van der Waals surface area contributed by atoms with Crippen LogP contribution >= 0.6 is 27.5 Å². The van der Waals surface area contributed by atoms with Crippen LogP contribution in [0.5, 0.6) is 0 Å². The summed E-state index contributed by atoms with van der Waals surface area (Å²) in [7, 11) is 1.76. The third-order valence-electron chi connectivity index (χ3n) is 2.21. The Morgan fingerprint density at radius 2 is 2.00 bits per heavy atom. The molecule has 2 N–H and O–H groups in total. The molecule has 1 aromatic carbocycles. The lowest BCUT2D eigenvalue weighted by Crippen LogP contribution is -2.00. The molecule has 0 aliphatic rings. The van der Waals surface area contributed by atoms with E-state index < -0.39 is 5.82 Å². The lowest BCUT2D eigenvalue weighted by atomic mass is 10.3. The van der Waals surface area contributed by atoms with Crippen LogP contribution in [0.15, 0.2) is 29.0 Å². The number of halogens is 3. The smallest absolute Gasteiger partial charge is 0.150 e.